The van der Waals surface area contributed by atoms with Gasteiger partial charge in [-0.05, 0) is 46.9 Å². The number of rotatable bonds is 10. The van der Waals surface area contributed by atoms with Gasteiger partial charge in [-0.2, -0.15) is 0 Å². The van der Waals surface area contributed by atoms with E-state index in [1.165, 1.54) is 20.9 Å². The maximum atomic E-state index is 6.37. The largest absolute Gasteiger partial charge is 0.380 e. The molecule has 29 heavy (non-hydrogen) atoms. The molecule has 4 rings (SSSR count). The molecule has 0 saturated heterocycles. The lowest BCUT2D eigenvalue weighted by Crippen LogP contribution is -2.16. The van der Waals surface area contributed by atoms with Crippen LogP contribution in [0.2, 0.25) is 0 Å². The average molecular weight is 419 g/mol. The van der Waals surface area contributed by atoms with E-state index >= 15 is 0 Å². The van der Waals surface area contributed by atoms with Crippen LogP contribution in [0.5, 0.6) is 0 Å². The zero-order valence-corrected chi connectivity index (χ0v) is 18.1. The van der Waals surface area contributed by atoms with Crippen LogP contribution in [0.15, 0.2) is 95.7 Å². The third-order valence-electron chi connectivity index (χ3n) is 5.24. The van der Waals surface area contributed by atoms with E-state index in [1.54, 1.807) is 0 Å². The van der Waals surface area contributed by atoms with E-state index in [9.17, 15) is 0 Å². The van der Waals surface area contributed by atoms with Crippen LogP contribution in [-0.4, -0.2) is 13.2 Å². The summed E-state index contributed by atoms with van der Waals surface area (Å²) in [7, 11) is 0. The smallest absolute Gasteiger partial charge is 0.0538 e. The number of benzene rings is 2. The van der Waals surface area contributed by atoms with Gasteiger partial charge in [0.1, 0.15) is 0 Å². The number of thiophene rings is 2. The van der Waals surface area contributed by atoms with Gasteiger partial charge < -0.3 is 4.74 Å². The fourth-order valence-corrected chi connectivity index (χ4v) is 5.27. The van der Waals surface area contributed by atoms with Crippen molar-refractivity contribution in [2.75, 3.05) is 13.2 Å². The van der Waals surface area contributed by atoms with Crippen molar-refractivity contribution in [3.63, 3.8) is 0 Å². The molecule has 0 N–H and O–H groups in total. The highest BCUT2D eigenvalue weighted by molar-refractivity contribution is 7.10. The Morgan fingerprint density at radius 2 is 1.00 bits per heavy atom. The third-order valence-corrected chi connectivity index (χ3v) is 7.03. The van der Waals surface area contributed by atoms with Crippen molar-refractivity contribution in [2.24, 2.45) is 0 Å². The Kier molecular flexibility index (Phi) is 7.30. The Balaban J connectivity index is 1.43. The molecule has 0 fully saturated rings. The molecule has 0 bridgehead atoms. The molecule has 0 aliphatic carbocycles. The lowest BCUT2D eigenvalue weighted by atomic mass is 9.94. The molecule has 4 aromatic rings. The Bertz CT molecular complexity index is 851. The summed E-state index contributed by atoms with van der Waals surface area (Å²) in [6, 6.07) is 30.3. The van der Waals surface area contributed by atoms with E-state index in [-0.39, 0.29) is 0 Å². The predicted molar refractivity (Wildman–Crippen MR) is 125 cm³/mol. The van der Waals surface area contributed by atoms with Crippen LogP contribution in [0.3, 0.4) is 0 Å². The zero-order valence-electron chi connectivity index (χ0n) is 16.4. The van der Waals surface area contributed by atoms with E-state index in [0.29, 0.717) is 11.8 Å². The number of hydrogen-bond acceptors (Lipinski definition) is 3. The van der Waals surface area contributed by atoms with Gasteiger partial charge in [-0.1, -0.05) is 72.8 Å². The van der Waals surface area contributed by atoms with Crippen molar-refractivity contribution in [3.05, 3.63) is 117 Å². The van der Waals surface area contributed by atoms with Gasteiger partial charge in [0.25, 0.3) is 0 Å². The minimum atomic E-state index is 0.382. The molecule has 148 valence electrons. The van der Waals surface area contributed by atoms with E-state index in [1.807, 2.05) is 22.7 Å². The summed E-state index contributed by atoms with van der Waals surface area (Å²) in [6.45, 7) is 1.49. The van der Waals surface area contributed by atoms with Crippen LogP contribution in [-0.2, 0) is 17.6 Å². The van der Waals surface area contributed by atoms with Gasteiger partial charge >= 0.3 is 0 Å². The number of hydrogen-bond donors (Lipinski definition) is 0. The van der Waals surface area contributed by atoms with Crippen molar-refractivity contribution in [1.82, 2.24) is 0 Å². The second kappa shape index (κ2) is 10.5. The van der Waals surface area contributed by atoms with Crippen LogP contribution >= 0.6 is 22.7 Å². The highest BCUT2D eigenvalue weighted by Crippen LogP contribution is 2.27. The molecule has 0 saturated carbocycles. The molecule has 2 heterocycles. The molecule has 3 heteroatoms. The highest BCUT2D eigenvalue weighted by atomic mass is 32.1. The maximum absolute atomic E-state index is 6.37. The molecular formula is C26H26OS2. The Labute approximate surface area is 181 Å². The lowest BCUT2D eigenvalue weighted by Gasteiger charge is -2.21. The SMILES string of the molecule is c1ccc(C(COCC(Cc2cccs2)c2ccccc2)Cc2cccs2)cc1. The van der Waals surface area contributed by atoms with E-state index in [2.05, 4.69) is 95.7 Å². The third kappa shape index (κ3) is 5.89. The van der Waals surface area contributed by atoms with Crippen molar-refractivity contribution in [3.8, 4) is 0 Å². The van der Waals surface area contributed by atoms with Crippen LogP contribution < -0.4 is 0 Å². The standard InChI is InChI=1S/C26H26OS2/c1-3-9-21(10-4-1)23(17-25-13-7-15-28-25)19-27-20-24(18-26-14-8-16-29-26)22-11-5-2-6-12-22/h1-16,23-24H,17-20H2. The van der Waals surface area contributed by atoms with E-state index in [4.69, 9.17) is 4.74 Å². The Morgan fingerprint density at radius 3 is 1.38 bits per heavy atom. The van der Waals surface area contributed by atoms with E-state index < -0.39 is 0 Å². The van der Waals surface area contributed by atoms with Gasteiger partial charge in [-0.25, -0.2) is 0 Å². The van der Waals surface area contributed by atoms with Gasteiger partial charge in [0.15, 0.2) is 0 Å². The first-order valence-corrected chi connectivity index (χ1v) is 11.9. The highest BCUT2D eigenvalue weighted by Gasteiger charge is 2.17. The van der Waals surface area contributed by atoms with Crippen molar-refractivity contribution in [2.45, 2.75) is 24.7 Å². The Morgan fingerprint density at radius 1 is 0.552 bits per heavy atom. The van der Waals surface area contributed by atoms with Gasteiger partial charge in [-0.15, -0.1) is 22.7 Å². The second-order valence-electron chi connectivity index (χ2n) is 7.32. The topological polar surface area (TPSA) is 9.23 Å². The average Bonchev–Trinajstić information content (AvgIpc) is 3.48. The summed E-state index contributed by atoms with van der Waals surface area (Å²) in [5.41, 5.74) is 2.71. The molecule has 2 aromatic carbocycles. The minimum Gasteiger partial charge on any atom is -0.380 e. The van der Waals surface area contributed by atoms with Gasteiger partial charge in [-0.3, -0.25) is 0 Å². The van der Waals surface area contributed by atoms with Crippen molar-refractivity contribution < 1.29 is 4.74 Å². The maximum Gasteiger partial charge on any atom is 0.0538 e. The molecule has 0 aliphatic heterocycles. The molecule has 0 spiro atoms. The van der Waals surface area contributed by atoms with Gasteiger partial charge in [0.05, 0.1) is 13.2 Å². The molecule has 0 amide bonds. The predicted octanol–water partition coefficient (Wildman–Crippen LogP) is 7.18. The van der Waals surface area contributed by atoms with Crippen LogP contribution in [0.25, 0.3) is 0 Å². The fraction of sp³-hybridized carbons (Fsp3) is 0.231. The molecular weight excluding hydrogens is 392 g/mol. The summed E-state index contributed by atoms with van der Waals surface area (Å²) in [6.07, 6.45) is 2.06. The summed E-state index contributed by atoms with van der Waals surface area (Å²) in [5.74, 6) is 0.765. The molecule has 2 atom stereocenters. The first-order chi connectivity index (χ1) is 14.4. The molecule has 2 aromatic heterocycles. The number of ether oxygens (including phenoxy) is 1. The van der Waals surface area contributed by atoms with Crippen LogP contribution in [0.4, 0.5) is 0 Å². The monoisotopic (exact) mass is 418 g/mol. The summed E-state index contributed by atoms with van der Waals surface area (Å²) in [5, 5.41) is 4.31. The molecule has 2 unspecified atom stereocenters. The summed E-state index contributed by atoms with van der Waals surface area (Å²) < 4.78 is 6.37. The Hall–Kier alpha value is -2.20. The molecule has 1 nitrogen and oxygen atoms in total. The molecule has 0 radical (unpaired) electrons. The van der Waals surface area contributed by atoms with Crippen LogP contribution in [0.1, 0.15) is 32.7 Å². The van der Waals surface area contributed by atoms with Crippen molar-refractivity contribution >= 4 is 22.7 Å². The van der Waals surface area contributed by atoms with Gasteiger partial charge in [0, 0.05) is 21.6 Å². The first-order valence-electron chi connectivity index (χ1n) is 10.1. The van der Waals surface area contributed by atoms with Crippen LogP contribution in [0, 0.1) is 0 Å². The summed E-state index contributed by atoms with van der Waals surface area (Å²) >= 11 is 3.66. The fourth-order valence-electron chi connectivity index (χ4n) is 3.69. The first kappa shape index (κ1) is 20.1. The van der Waals surface area contributed by atoms with Crippen molar-refractivity contribution in [1.29, 1.82) is 0 Å². The summed E-state index contributed by atoms with van der Waals surface area (Å²) in [4.78, 5) is 2.83. The quantitative estimate of drug-likeness (QED) is 0.265. The molecule has 0 aliphatic rings. The van der Waals surface area contributed by atoms with Gasteiger partial charge in [0.2, 0.25) is 0 Å². The zero-order chi connectivity index (χ0) is 19.7. The normalized spacial score (nSPS) is 13.2. The van der Waals surface area contributed by atoms with E-state index in [0.717, 1.165) is 26.1 Å². The second-order valence-corrected chi connectivity index (χ2v) is 9.38. The minimum absolute atomic E-state index is 0.382. The lowest BCUT2D eigenvalue weighted by molar-refractivity contribution is 0.106.